The van der Waals surface area contributed by atoms with E-state index in [9.17, 15) is 9.18 Å². The van der Waals surface area contributed by atoms with E-state index in [1.807, 2.05) is 35.9 Å². The second-order valence-electron chi connectivity index (χ2n) is 9.72. The molecule has 3 N–H and O–H groups in total. The predicted octanol–water partition coefficient (Wildman–Crippen LogP) is 4.70. The molecule has 2 aliphatic rings. The van der Waals surface area contributed by atoms with Crippen molar-refractivity contribution >= 4 is 34.4 Å². The summed E-state index contributed by atoms with van der Waals surface area (Å²) in [5.41, 5.74) is 3.09. The second kappa shape index (κ2) is 10.4. The van der Waals surface area contributed by atoms with Crippen molar-refractivity contribution in [1.29, 1.82) is 0 Å². The summed E-state index contributed by atoms with van der Waals surface area (Å²) in [6.07, 6.45) is 3.24. The van der Waals surface area contributed by atoms with Crippen molar-refractivity contribution in [2.24, 2.45) is 13.0 Å². The Morgan fingerprint density at radius 1 is 1.16 bits per heavy atom. The van der Waals surface area contributed by atoms with E-state index < -0.39 is 0 Å². The van der Waals surface area contributed by atoms with Crippen LogP contribution in [0.3, 0.4) is 0 Å². The number of anilines is 3. The molecule has 6 rings (SSSR count). The SMILES string of the molecule is Cn1c(Nc2ccc(F)c(C3CCOC3)c2)nc2cc(Oc3ccnc(NC(=O)C4CCNC4)c3)ccc21. The van der Waals surface area contributed by atoms with Crippen LogP contribution in [-0.4, -0.2) is 46.7 Å². The van der Waals surface area contributed by atoms with E-state index in [-0.39, 0.29) is 23.6 Å². The van der Waals surface area contributed by atoms with E-state index in [1.54, 1.807) is 24.4 Å². The largest absolute Gasteiger partial charge is 0.457 e. The third-order valence-electron chi connectivity index (χ3n) is 7.12. The maximum atomic E-state index is 14.4. The summed E-state index contributed by atoms with van der Waals surface area (Å²) < 4.78 is 27.9. The molecule has 2 unspecified atom stereocenters. The number of pyridine rings is 1. The monoisotopic (exact) mass is 516 g/mol. The van der Waals surface area contributed by atoms with Gasteiger partial charge in [0.05, 0.1) is 23.6 Å². The van der Waals surface area contributed by atoms with E-state index in [0.29, 0.717) is 48.6 Å². The molecule has 4 heterocycles. The van der Waals surface area contributed by atoms with Crippen LogP contribution in [0.5, 0.6) is 11.5 Å². The van der Waals surface area contributed by atoms with Crippen molar-refractivity contribution in [3.63, 3.8) is 0 Å². The van der Waals surface area contributed by atoms with Gasteiger partial charge in [-0.1, -0.05) is 0 Å². The zero-order chi connectivity index (χ0) is 26.1. The quantitative estimate of drug-likeness (QED) is 0.327. The number of benzene rings is 2. The number of aryl methyl sites for hydroxylation is 1. The number of carbonyl (C=O) groups excluding carboxylic acids is 1. The summed E-state index contributed by atoms with van der Waals surface area (Å²) in [6, 6.07) is 14.1. The van der Waals surface area contributed by atoms with Crippen LogP contribution in [0.2, 0.25) is 0 Å². The van der Waals surface area contributed by atoms with Gasteiger partial charge in [-0.25, -0.2) is 14.4 Å². The van der Waals surface area contributed by atoms with Crippen molar-refractivity contribution in [1.82, 2.24) is 19.9 Å². The average Bonchev–Trinajstić information content (AvgIpc) is 3.68. The van der Waals surface area contributed by atoms with Gasteiger partial charge >= 0.3 is 0 Å². The van der Waals surface area contributed by atoms with E-state index in [1.165, 1.54) is 6.07 Å². The van der Waals surface area contributed by atoms with Crippen molar-refractivity contribution in [3.05, 3.63) is 66.1 Å². The van der Waals surface area contributed by atoms with Gasteiger partial charge in [0.1, 0.15) is 23.1 Å². The first kappa shape index (κ1) is 24.3. The van der Waals surface area contributed by atoms with E-state index in [4.69, 9.17) is 14.5 Å². The molecule has 0 spiro atoms. The van der Waals surface area contributed by atoms with Crippen molar-refractivity contribution in [2.45, 2.75) is 18.8 Å². The number of rotatable bonds is 7. The summed E-state index contributed by atoms with van der Waals surface area (Å²) in [6.45, 7) is 2.73. The van der Waals surface area contributed by atoms with Crippen LogP contribution in [0, 0.1) is 11.7 Å². The highest BCUT2D eigenvalue weighted by Gasteiger charge is 2.23. The van der Waals surface area contributed by atoms with Gasteiger partial charge in [0.25, 0.3) is 0 Å². The third kappa shape index (κ3) is 5.05. The van der Waals surface area contributed by atoms with E-state index in [2.05, 4.69) is 20.9 Å². The van der Waals surface area contributed by atoms with Gasteiger partial charge in [0.15, 0.2) is 0 Å². The van der Waals surface area contributed by atoms with Gasteiger partial charge in [-0.15, -0.1) is 0 Å². The first-order chi connectivity index (χ1) is 18.5. The Morgan fingerprint density at radius 3 is 2.87 bits per heavy atom. The van der Waals surface area contributed by atoms with Crippen LogP contribution >= 0.6 is 0 Å². The van der Waals surface area contributed by atoms with Crippen molar-refractivity contribution in [3.8, 4) is 11.5 Å². The number of fused-ring (bicyclic) bond motifs is 1. The predicted molar refractivity (Wildman–Crippen MR) is 142 cm³/mol. The fourth-order valence-electron chi connectivity index (χ4n) is 4.98. The molecule has 2 fully saturated rings. The number of halogens is 1. The molecule has 1 amide bonds. The van der Waals surface area contributed by atoms with Gasteiger partial charge in [0, 0.05) is 50.1 Å². The molecule has 2 aromatic carbocycles. The molecule has 2 saturated heterocycles. The Labute approximate surface area is 219 Å². The zero-order valence-electron chi connectivity index (χ0n) is 21.0. The van der Waals surface area contributed by atoms with Crippen LogP contribution < -0.4 is 20.7 Å². The van der Waals surface area contributed by atoms with E-state index in [0.717, 1.165) is 36.1 Å². The molecule has 0 saturated carbocycles. The van der Waals surface area contributed by atoms with Crippen LogP contribution in [0.25, 0.3) is 11.0 Å². The molecule has 2 aromatic heterocycles. The molecular weight excluding hydrogens is 487 g/mol. The lowest BCUT2D eigenvalue weighted by Crippen LogP contribution is -2.25. The van der Waals surface area contributed by atoms with Crippen molar-refractivity contribution in [2.75, 3.05) is 36.9 Å². The number of aromatic nitrogens is 3. The Hall–Kier alpha value is -4.02. The fraction of sp³-hybridized carbons (Fsp3) is 0.321. The van der Waals surface area contributed by atoms with E-state index >= 15 is 0 Å². The summed E-state index contributed by atoms with van der Waals surface area (Å²) in [7, 11) is 1.92. The highest BCUT2D eigenvalue weighted by atomic mass is 19.1. The van der Waals surface area contributed by atoms with Crippen LogP contribution in [0.15, 0.2) is 54.7 Å². The number of carbonyl (C=O) groups is 1. The first-order valence-electron chi connectivity index (χ1n) is 12.8. The number of ether oxygens (including phenoxy) is 2. The lowest BCUT2D eigenvalue weighted by Gasteiger charge is -2.13. The summed E-state index contributed by atoms with van der Waals surface area (Å²) in [5, 5.41) is 9.39. The molecule has 2 atom stereocenters. The zero-order valence-corrected chi connectivity index (χ0v) is 21.0. The molecule has 2 aliphatic heterocycles. The maximum absolute atomic E-state index is 14.4. The van der Waals surface area contributed by atoms with Crippen LogP contribution in [0.4, 0.5) is 21.8 Å². The Morgan fingerprint density at radius 2 is 2.05 bits per heavy atom. The lowest BCUT2D eigenvalue weighted by molar-refractivity contribution is -0.119. The summed E-state index contributed by atoms with van der Waals surface area (Å²) >= 11 is 0. The first-order valence-corrected chi connectivity index (χ1v) is 12.8. The molecular formula is C28H29FN6O3. The molecule has 196 valence electrons. The molecule has 9 nitrogen and oxygen atoms in total. The minimum Gasteiger partial charge on any atom is -0.457 e. The minimum atomic E-state index is -0.216. The van der Waals surface area contributed by atoms with Gasteiger partial charge in [-0.05, 0) is 61.3 Å². The third-order valence-corrected chi connectivity index (χ3v) is 7.12. The molecule has 4 aromatic rings. The summed E-state index contributed by atoms with van der Waals surface area (Å²) in [5.74, 6) is 2.01. The average molecular weight is 517 g/mol. The van der Waals surface area contributed by atoms with Gasteiger partial charge in [-0.2, -0.15) is 0 Å². The molecule has 38 heavy (non-hydrogen) atoms. The molecule has 0 radical (unpaired) electrons. The van der Waals surface area contributed by atoms with Crippen LogP contribution in [0.1, 0.15) is 24.3 Å². The molecule has 0 aliphatic carbocycles. The van der Waals surface area contributed by atoms with Gasteiger partial charge < -0.3 is 30.0 Å². The number of nitrogens with one attached hydrogen (secondary N) is 3. The minimum absolute atomic E-state index is 0.0422. The molecule has 0 bridgehead atoms. The Bertz CT molecular complexity index is 1480. The topological polar surface area (TPSA) is 102 Å². The Balaban J connectivity index is 1.18. The number of hydrogen-bond acceptors (Lipinski definition) is 7. The normalized spacial score (nSPS) is 19.1. The fourth-order valence-corrected chi connectivity index (χ4v) is 4.98. The number of nitrogens with zero attached hydrogens (tertiary/aromatic N) is 3. The second-order valence-corrected chi connectivity index (χ2v) is 9.72. The highest BCUT2D eigenvalue weighted by molar-refractivity contribution is 5.92. The Kier molecular flexibility index (Phi) is 6.65. The standard InChI is InChI=1S/C28H29FN6O3/c1-35-25-5-3-20(38-21-7-10-31-26(14-21)34-27(36)17-6-9-30-15-17)13-24(25)33-28(35)32-19-2-4-23(29)22(12-19)18-8-11-37-16-18/h2-5,7,10,12-14,17-18,30H,6,8-9,11,15-16H2,1H3,(H,32,33)(H,31,34,36). The smallest absolute Gasteiger partial charge is 0.229 e. The van der Waals surface area contributed by atoms with Gasteiger partial charge in [0.2, 0.25) is 11.9 Å². The van der Waals surface area contributed by atoms with Gasteiger partial charge in [-0.3, -0.25) is 4.79 Å². The number of imidazole rings is 1. The van der Waals surface area contributed by atoms with Crippen molar-refractivity contribution < 1.29 is 18.7 Å². The number of hydrogen-bond donors (Lipinski definition) is 3. The van der Waals surface area contributed by atoms with Crippen LogP contribution in [-0.2, 0) is 16.6 Å². The lowest BCUT2D eigenvalue weighted by atomic mass is 9.97. The summed E-state index contributed by atoms with van der Waals surface area (Å²) in [4.78, 5) is 21.4. The highest BCUT2D eigenvalue weighted by Crippen LogP contribution is 2.32. The molecule has 10 heteroatoms. The number of amides is 1. The maximum Gasteiger partial charge on any atom is 0.229 e.